The van der Waals surface area contributed by atoms with Crippen LogP contribution < -0.4 is 10.2 Å². The van der Waals surface area contributed by atoms with Gasteiger partial charge in [-0.2, -0.15) is 0 Å². The highest BCUT2D eigenvalue weighted by Crippen LogP contribution is 2.23. The van der Waals surface area contributed by atoms with Crippen LogP contribution in [0.1, 0.15) is 16.8 Å². The first-order valence-corrected chi connectivity index (χ1v) is 7.66. The molecule has 0 radical (unpaired) electrons. The Balaban J connectivity index is 1.72. The number of amides is 2. The highest BCUT2D eigenvalue weighted by Gasteiger charge is 2.34. The average Bonchev–Trinajstić information content (AvgIpc) is 2.91. The molecule has 4 nitrogen and oxygen atoms in total. The van der Waals surface area contributed by atoms with Crippen LogP contribution in [-0.4, -0.2) is 24.4 Å². The number of nitrogens with zero attached hydrogens (tertiary/aromatic N) is 1. The van der Waals surface area contributed by atoms with E-state index in [2.05, 4.69) is 5.32 Å². The van der Waals surface area contributed by atoms with Gasteiger partial charge < -0.3 is 10.2 Å². The summed E-state index contributed by atoms with van der Waals surface area (Å²) in [6, 6.07) is 8.25. The summed E-state index contributed by atoms with van der Waals surface area (Å²) in [5, 5.41) is 2.68. The number of carbonyl (C=O) groups is 2. The van der Waals surface area contributed by atoms with Crippen molar-refractivity contribution in [3.8, 4) is 0 Å². The Bertz CT molecular complexity index is 796. The SMILES string of the molecule is O=C(N[C@@H]1CCN(c2ccc(F)cc2)C1=O)c1cc(F)ccc1Cl. The zero-order valence-electron chi connectivity index (χ0n) is 12.4. The van der Waals surface area contributed by atoms with Crippen molar-refractivity contribution < 1.29 is 18.4 Å². The number of anilines is 1. The van der Waals surface area contributed by atoms with E-state index in [0.717, 1.165) is 12.1 Å². The largest absolute Gasteiger partial charge is 0.340 e. The van der Waals surface area contributed by atoms with E-state index >= 15 is 0 Å². The summed E-state index contributed by atoms with van der Waals surface area (Å²) >= 11 is 5.89. The summed E-state index contributed by atoms with van der Waals surface area (Å²) in [6.07, 6.45) is 0.398. The summed E-state index contributed by atoms with van der Waals surface area (Å²) in [6.45, 7) is 0.395. The Kier molecular flexibility index (Phi) is 4.49. The second kappa shape index (κ2) is 6.57. The van der Waals surface area contributed by atoms with Crippen LogP contribution in [0.4, 0.5) is 14.5 Å². The number of carbonyl (C=O) groups excluding carboxylic acids is 2. The van der Waals surface area contributed by atoms with Crippen molar-refractivity contribution in [1.29, 1.82) is 0 Å². The second-order valence-electron chi connectivity index (χ2n) is 5.41. The molecule has 1 saturated heterocycles. The zero-order chi connectivity index (χ0) is 17.3. The minimum atomic E-state index is -0.734. The lowest BCUT2D eigenvalue weighted by Crippen LogP contribution is -2.41. The topological polar surface area (TPSA) is 49.4 Å². The van der Waals surface area contributed by atoms with E-state index in [9.17, 15) is 18.4 Å². The molecule has 2 amide bonds. The van der Waals surface area contributed by atoms with Gasteiger partial charge in [0, 0.05) is 12.2 Å². The maximum absolute atomic E-state index is 13.3. The average molecular weight is 351 g/mol. The Hall–Kier alpha value is -2.47. The standard InChI is InChI=1S/C17H13ClF2N2O2/c18-14-6-3-11(20)9-13(14)16(23)21-15-7-8-22(17(15)24)12-4-1-10(19)2-5-12/h1-6,9,15H,7-8H2,(H,21,23)/t15-/m1/s1. The molecule has 0 spiro atoms. The number of hydrogen-bond donors (Lipinski definition) is 1. The van der Waals surface area contributed by atoms with Crippen molar-refractivity contribution in [1.82, 2.24) is 5.32 Å². The molecule has 0 aromatic heterocycles. The third kappa shape index (κ3) is 3.23. The van der Waals surface area contributed by atoms with E-state index in [1.165, 1.54) is 35.2 Å². The highest BCUT2D eigenvalue weighted by molar-refractivity contribution is 6.33. The van der Waals surface area contributed by atoms with Gasteiger partial charge in [0.05, 0.1) is 10.6 Å². The molecule has 3 rings (SSSR count). The van der Waals surface area contributed by atoms with Crippen molar-refractivity contribution in [3.05, 3.63) is 64.7 Å². The normalized spacial score (nSPS) is 17.2. The Morgan fingerprint density at radius 1 is 1.12 bits per heavy atom. The predicted molar refractivity (Wildman–Crippen MR) is 86.0 cm³/mol. The highest BCUT2D eigenvalue weighted by atomic mass is 35.5. The fourth-order valence-electron chi connectivity index (χ4n) is 2.60. The maximum Gasteiger partial charge on any atom is 0.253 e. The van der Waals surface area contributed by atoms with Crippen molar-refractivity contribution in [2.45, 2.75) is 12.5 Å². The van der Waals surface area contributed by atoms with Crippen LogP contribution in [0.25, 0.3) is 0 Å². The van der Waals surface area contributed by atoms with Gasteiger partial charge in [-0.05, 0) is 48.9 Å². The van der Waals surface area contributed by atoms with Gasteiger partial charge >= 0.3 is 0 Å². The van der Waals surface area contributed by atoms with Gasteiger partial charge in [-0.3, -0.25) is 9.59 Å². The van der Waals surface area contributed by atoms with E-state index < -0.39 is 23.6 Å². The van der Waals surface area contributed by atoms with Gasteiger partial charge in [0.25, 0.3) is 5.91 Å². The Labute approximate surface area is 142 Å². The predicted octanol–water partition coefficient (Wildman–Crippen LogP) is 3.15. The molecule has 0 aliphatic carbocycles. The fraction of sp³-hybridized carbons (Fsp3) is 0.176. The summed E-state index contributed by atoms with van der Waals surface area (Å²) in [5.74, 6) is -1.90. The van der Waals surface area contributed by atoms with Gasteiger partial charge in [0.1, 0.15) is 17.7 Å². The molecule has 0 unspecified atom stereocenters. The van der Waals surface area contributed by atoms with E-state index in [0.29, 0.717) is 18.7 Å². The summed E-state index contributed by atoms with van der Waals surface area (Å²) in [5.41, 5.74) is 0.534. The van der Waals surface area contributed by atoms with Crippen molar-refractivity contribution in [2.24, 2.45) is 0 Å². The number of halogens is 3. The zero-order valence-corrected chi connectivity index (χ0v) is 13.2. The van der Waals surface area contributed by atoms with Crippen LogP contribution in [0.15, 0.2) is 42.5 Å². The molecule has 1 fully saturated rings. The number of hydrogen-bond acceptors (Lipinski definition) is 2. The molecule has 1 aliphatic heterocycles. The molecule has 1 heterocycles. The van der Waals surface area contributed by atoms with Crippen molar-refractivity contribution in [2.75, 3.05) is 11.4 Å². The first kappa shape index (κ1) is 16.4. The smallest absolute Gasteiger partial charge is 0.253 e. The minimum Gasteiger partial charge on any atom is -0.340 e. The molecular weight excluding hydrogens is 338 g/mol. The van der Waals surface area contributed by atoms with Crippen molar-refractivity contribution >= 4 is 29.1 Å². The van der Waals surface area contributed by atoms with Crippen LogP contribution in [-0.2, 0) is 4.79 Å². The van der Waals surface area contributed by atoms with Gasteiger partial charge in [0.2, 0.25) is 5.91 Å². The molecule has 1 atom stereocenters. The van der Waals surface area contributed by atoms with E-state index in [4.69, 9.17) is 11.6 Å². The minimum absolute atomic E-state index is 0.0234. The monoisotopic (exact) mass is 350 g/mol. The van der Waals surface area contributed by atoms with Crippen LogP contribution in [0.2, 0.25) is 5.02 Å². The lowest BCUT2D eigenvalue weighted by atomic mass is 10.1. The molecule has 1 N–H and O–H groups in total. The molecule has 1 aliphatic rings. The molecule has 0 saturated carbocycles. The Morgan fingerprint density at radius 3 is 2.50 bits per heavy atom. The summed E-state index contributed by atoms with van der Waals surface area (Å²) < 4.78 is 26.2. The third-order valence-corrected chi connectivity index (χ3v) is 4.15. The Morgan fingerprint density at radius 2 is 1.79 bits per heavy atom. The van der Waals surface area contributed by atoms with Crippen LogP contribution in [0, 0.1) is 11.6 Å². The molecule has 2 aromatic carbocycles. The lowest BCUT2D eigenvalue weighted by molar-refractivity contribution is -0.118. The van der Waals surface area contributed by atoms with Gasteiger partial charge in [-0.25, -0.2) is 8.78 Å². The molecule has 0 bridgehead atoms. The summed E-state index contributed by atoms with van der Waals surface area (Å²) in [7, 11) is 0. The van der Waals surface area contributed by atoms with Crippen LogP contribution in [0.3, 0.4) is 0 Å². The van der Waals surface area contributed by atoms with Gasteiger partial charge in [-0.15, -0.1) is 0 Å². The van der Waals surface area contributed by atoms with Crippen LogP contribution >= 0.6 is 11.6 Å². The quantitative estimate of drug-likeness (QED) is 0.924. The second-order valence-corrected chi connectivity index (χ2v) is 5.81. The maximum atomic E-state index is 13.3. The van der Waals surface area contributed by atoms with Gasteiger partial charge in [0.15, 0.2) is 0 Å². The van der Waals surface area contributed by atoms with Crippen molar-refractivity contribution in [3.63, 3.8) is 0 Å². The third-order valence-electron chi connectivity index (χ3n) is 3.82. The number of rotatable bonds is 3. The molecular formula is C17H13ClF2N2O2. The lowest BCUT2D eigenvalue weighted by Gasteiger charge is -2.17. The summed E-state index contributed by atoms with van der Waals surface area (Å²) in [4.78, 5) is 26.1. The fourth-order valence-corrected chi connectivity index (χ4v) is 2.80. The molecule has 24 heavy (non-hydrogen) atoms. The first-order chi connectivity index (χ1) is 11.5. The number of benzene rings is 2. The van der Waals surface area contributed by atoms with Crippen LogP contribution in [0.5, 0.6) is 0 Å². The van der Waals surface area contributed by atoms with E-state index in [1.807, 2.05) is 0 Å². The number of nitrogens with one attached hydrogen (secondary N) is 1. The van der Waals surface area contributed by atoms with E-state index in [1.54, 1.807) is 0 Å². The van der Waals surface area contributed by atoms with E-state index in [-0.39, 0.29) is 16.5 Å². The molecule has 124 valence electrons. The molecule has 7 heteroatoms. The first-order valence-electron chi connectivity index (χ1n) is 7.28. The van der Waals surface area contributed by atoms with Gasteiger partial charge in [-0.1, -0.05) is 11.6 Å². The molecule has 2 aromatic rings.